The second kappa shape index (κ2) is 6.68. The van der Waals surface area contributed by atoms with Crippen LogP contribution in [0.15, 0.2) is 42.2 Å². The summed E-state index contributed by atoms with van der Waals surface area (Å²) in [5.41, 5.74) is 1.14. The van der Waals surface area contributed by atoms with Crippen LogP contribution in [0.5, 0.6) is 23.0 Å². The molecule has 0 aliphatic carbocycles. The van der Waals surface area contributed by atoms with Crippen LogP contribution in [0, 0.1) is 0 Å². The van der Waals surface area contributed by atoms with Gasteiger partial charge in [0.2, 0.25) is 5.78 Å². The number of Topliss-reactive ketones (excluding diaryl/α,β-unsaturated/α-hetero) is 1. The molecule has 7 heteroatoms. The number of allylic oxidation sites excluding steroid dienone is 1. The van der Waals surface area contributed by atoms with E-state index in [0.717, 1.165) is 5.56 Å². The highest BCUT2D eigenvalue weighted by molar-refractivity contribution is 6.14. The van der Waals surface area contributed by atoms with Gasteiger partial charge in [-0.2, -0.15) is 0 Å². The molecular formula is C20H16O7. The zero-order chi connectivity index (χ0) is 19.0. The summed E-state index contributed by atoms with van der Waals surface area (Å²) in [5, 5.41) is 8.93. The fraction of sp³-hybridized carbons (Fsp3) is 0.200. The number of ketones is 1. The highest BCUT2D eigenvalue weighted by atomic mass is 16.6. The van der Waals surface area contributed by atoms with Crippen molar-refractivity contribution in [1.82, 2.24) is 0 Å². The van der Waals surface area contributed by atoms with E-state index in [4.69, 9.17) is 24.1 Å². The minimum absolute atomic E-state index is 0.171. The molecule has 7 nitrogen and oxygen atoms in total. The van der Waals surface area contributed by atoms with Crippen LogP contribution in [0.25, 0.3) is 6.08 Å². The first-order chi connectivity index (χ1) is 13.0. The number of hydrogen-bond acceptors (Lipinski definition) is 6. The summed E-state index contributed by atoms with van der Waals surface area (Å²) >= 11 is 0. The topological polar surface area (TPSA) is 91.3 Å². The summed E-state index contributed by atoms with van der Waals surface area (Å²) in [6.07, 6.45) is 0.619. The lowest BCUT2D eigenvalue weighted by Crippen LogP contribution is -2.22. The van der Waals surface area contributed by atoms with Gasteiger partial charge < -0.3 is 24.1 Å². The van der Waals surface area contributed by atoms with Gasteiger partial charge in [0.15, 0.2) is 23.4 Å². The van der Waals surface area contributed by atoms with E-state index in [1.807, 2.05) is 6.07 Å². The lowest BCUT2D eigenvalue weighted by atomic mass is 10.1. The van der Waals surface area contributed by atoms with Crippen molar-refractivity contribution < 1.29 is 33.6 Å². The molecule has 0 amide bonds. The average Bonchev–Trinajstić information content (AvgIpc) is 2.96. The van der Waals surface area contributed by atoms with E-state index >= 15 is 0 Å². The molecule has 0 spiro atoms. The fourth-order valence-corrected chi connectivity index (χ4v) is 2.80. The number of carbonyl (C=O) groups is 2. The number of benzene rings is 2. The summed E-state index contributed by atoms with van der Waals surface area (Å²) < 4.78 is 22.0. The van der Waals surface area contributed by atoms with Crippen LogP contribution in [-0.2, 0) is 4.79 Å². The Kier molecular flexibility index (Phi) is 4.19. The molecule has 2 aliphatic heterocycles. The van der Waals surface area contributed by atoms with Crippen molar-refractivity contribution in [3.05, 3.63) is 53.3 Å². The normalized spacial score (nSPS) is 17.2. The Bertz CT molecular complexity index is 961. The van der Waals surface area contributed by atoms with Crippen molar-refractivity contribution in [2.45, 2.75) is 13.0 Å². The van der Waals surface area contributed by atoms with Gasteiger partial charge in [0.05, 0.1) is 5.56 Å². The Morgan fingerprint density at radius 3 is 2.67 bits per heavy atom. The van der Waals surface area contributed by atoms with Gasteiger partial charge in [-0.05, 0) is 42.8 Å². The van der Waals surface area contributed by atoms with Crippen molar-refractivity contribution in [3.8, 4) is 23.0 Å². The SMILES string of the molecule is CC(Oc1ccc2c(c1)OC(=Cc1ccc3c(c1)OCCO3)C2=O)C(=O)O. The van der Waals surface area contributed by atoms with Gasteiger partial charge in [-0.25, -0.2) is 4.79 Å². The maximum absolute atomic E-state index is 12.5. The Labute approximate surface area is 154 Å². The number of carboxylic acid groups (broad SMARTS) is 1. The highest BCUT2D eigenvalue weighted by Gasteiger charge is 2.28. The van der Waals surface area contributed by atoms with Crippen LogP contribution in [0.1, 0.15) is 22.8 Å². The molecule has 1 unspecified atom stereocenters. The highest BCUT2D eigenvalue weighted by Crippen LogP contribution is 2.36. The Balaban J connectivity index is 1.58. The quantitative estimate of drug-likeness (QED) is 0.830. The molecule has 2 aromatic rings. The number of carboxylic acids is 1. The number of aliphatic carboxylic acids is 1. The molecule has 0 saturated carbocycles. The van der Waals surface area contributed by atoms with Gasteiger partial charge in [-0.15, -0.1) is 0 Å². The van der Waals surface area contributed by atoms with Crippen LogP contribution in [0.3, 0.4) is 0 Å². The van der Waals surface area contributed by atoms with Crippen molar-refractivity contribution >= 4 is 17.8 Å². The predicted molar refractivity (Wildman–Crippen MR) is 94.5 cm³/mol. The summed E-state index contributed by atoms with van der Waals surface area (Å²) in [6.45, 7) is 2.41. The lowest BCUT2D eigenvalue weighted by molar-refractivity contribution is -0.144. The molecule has 138 valence electrons. The largest absolute Gasteiger partial charge is 0.486 e. The molecule has 0 radical (unpaired) electrons. The summed E-state index contributed by atoms with van der Waals surface area (Å²) in [7, 11) is 0. The van der Waals surface area contributed by atoms with Crippen molar-refractivity contribution in [2.75, 3.05) is 13.2 Å². The smallest absolute Gasteiger partial charge is 0.344 e. The number of fused-ring (bicyclic) bond motifs is 2. The Morgan fingerprint density at radius 2 is 1.89 bits per heavy atom. The van der Waals surface area contributed by atoms with Crippen LogP contribution >= 0.6 is 0 Å². The first kappa shape index (κ1) is 17.0. The van der Waals surface area contributed by atoms with E-state index in [1.54, 1.807) is 30.3 Å². The van der Waals surface area contributed by atoms with Gasteiger partial charge in [0.25, 0.3) is 0 Å². The molecule has 1 N–H and O–H groups in total. The molecule has 2 aromatic carbocycles. The second-order valence-corrected chi connectivity index (χ2v) is 6.10. The fourth-order valence-electron chi connectivity index (χ4n) is 2.80. The van der Waals surface area contributed by atoms with Crippen molar-refractivity contribution in [3.63, 3.8) is 0 Å². The van der Waals surface area contributed by atoms with Crippen molar-refractivity contribution in [1.29, 1.82) is 0 Å². The number of hydrogen-bond donors (Lipinski definition) is 1. The molecule has 2 heterocycles. The minimum Gasteiger partial charge on any atom is -0.486 e. The first-order valence-corrected chi connectivity index (χ1v) is 8.38. The third-order valence-electron chi connectivity index (χ3n) is 4.17. The number of carbonyl (C=O) groups excluding carboxylic acids is 1. The summed E-state index contributed by atoms with van der Waals surface area (Å²) in [4.78, 5) is 23.5. The monoisotopic (exact) mass is 368 g/mol. The molecule has 0 fully saturated rings. The lowest BCUT2D eigenvalue weighted by Gasteiger charge is -2.18. The third kappa shape index (κ3) is 3.31. The van der Waals surface area contributed by atoms with Crippen LogP contribution in [-0.4, -0.2) is 36.2 Å². The van der Waals surface area contributed by atoms with Gasteiger partial charge in [0.1, 0.15) is 24.7 Å². The maximum atomic E-state index is 12.5. The zero-order valence-corrected chi connectivity index (χ0v) is 14.4. The van der Waals surface area contributed by atoms with Gasteiger partial charge in [0, 0.05) is 6.07 Å². The van der Waals surface area contributed by atoms with Crippen LogP contribution < -0.4 is 18.9 Å². The molecule has 4 rings (SSSR count). The molecular weight excluding hydrogens is 352 g/mol. The Morgan fingerprint density at radius 1 is 1.11 bits per heavy atom. The van der Waals surface area contributed by atoms with Gasteiger partial charge >= 0.3 is 5.97 Å². The molecule has 27 heavy (non-hydrogen) atoms. The second-order valence-electron chi connectivity index (χ2n) is 6.10. The van der Waals surface area contributed by atoms with E-state index in [9.17, 15) is 9.59 Å². The van der Waals surface area contributed by atoms with E-state index in [2.05, 4.69) is 0 Å². The molecule has 2 aliphatic rings. The standard InChI is InChI=1S/C20H16O7/c1-11(20(22)23)26-13-3-4-14-16(10-13)27-18(19(14)21)9-12-2-5-15-17(8-12)25-7-6-24-15/h2-5,8-11H,6-7H2,1H3,(H,22,23). The number of ether oxygens (including phenoxy) is 4. The number of rotatable bonds is 4. The van der Waals surface area contributed by atoms with Gasteiger partial charge in [-0.3, -0.25) is 4.79 Å². The van der Waals surface area contributed by atoms with Crippen LogP contribution in [0.4, 0.5) is 0 Å². The predicted octanol–water partition coefficient (Wildman–Crippen LogP) is 2.93. The minimum atomic E-state index is -1.08. The van der Waals surface area contributed by atoms with Crippen LogP contribution in [0.2, 0.25) is 0 Å². The summed E-state index contributed by atoms with van der Waals surface area (Å²) in [6, 6.07) is 10.00. The molecule has 1 atom stereocenters. The van der Waals surface area contributed by atoms with Crippen molar-refractivity contribution in [2.24, 2.45) is 0 Å². The third-order valence-corrected chi connectivity index (χ3v) is 4.17. The van der Waals surface area contributed by atoms with E-state index in [1.165, 1.54) is 13.0 Å². The summed E-state index contributed by atoms with van der Waals surface area (Å²) in [5.74, 6) is 0.780. The molecule has 0 saturated heterocycles. The van der Waals surface area contributed by atoms with E-state index < -0.39 is 12.1 Å². The first-order valence-electron chi connectivity index (χ1n) is 8.38. The molecule has 0 aromatic heterocycles. The maximum Gasteiger partial charge on any atom is 0.344 e. The average molecular weight is 368 g/mol. The Hall–Kier alpha value is -3.48. The van der Waals surface area contributed by atoms with E-state index in [-0.39, 0.29) is 11.5 Å². The van der Waals surface area contributed by atoms with Gasteiger partial charge in [-0.1, -0.05) is 6.07 Å². The molecule has 0 bridgehead atoms. The zero-order valence-electron chi connectivity index (χ0n) is 14.4. The van der Waals surface area contributed by atoms with E-state index in [0.29, 0.717) is 41.8 Å².